The van der Waals surface area contributed by atoms with Gasteiger partial charge in [0.15, 0.2) is 10.5 Å². The van der Waals surface area contributed by atoms with E-state index in [9.17, 15) is 0 Å². The maximum atomic E-state index is 5.38. The zero-order chi connectivity index (χ0) is 8.97. The summed E-state index contributed by atoms with van der Waals surface area (Å²) in [5, 5.41) is 0. The van der Waals surface area contributed by atoms with Crippen LogP contribution in [0.4, 0.5) is 0 Å². The molecule has 0 aliphatic rings. The van der Waals surface area contributed by atoms with E-state index in [4.69, 9.17) is 4.74 Å². The van der Waals surface area contributed by atoms with Gasteiger partial charge >= 0.3 is 0 Å². The van der Waals surface area contributed by atoms with Crippen molar-refractivity contribution in [3.8, 4) is 5.75 Å². The third kappa shape index (κ3) is 3.17. The summed E-state index contributed by atoms with van der Waals surface area (Å²) < 4.78 is 5.96. The predicted molar refractivity (Wildman–Crippen MR) is 50.1 cm³/mol. The van der Waals surface area contributed by atoms with E-state index in [1.54, 1.807) is 12.4 Å². The van der Waals surface area contributed by atoms with E-state index in [1.165, 1.54) is 0 Å². The Labute approximate surface area is 80.3 Å². The summed E-state index contributed by atoms with van der Waals surface area (Å²) in [7, 11) is 0. The van der Waals surface area contributed by atoms with Gasteiger partial charge in [0.25, 0.3) is 0 Å². The van der Waals surface area contributed by atoms with Gasteiger partial charge in [0.2, 0.25) is 0 Å². The lowest BCUT2D eigenvalue weighted by Crippen LogP contribution is -2.04. The van der Waals surface area contributed by atoms with Crippen molar-refractivity contribution in [2.75, 3.05) is 6.61 Å². The predicted octanol–water partition coefficient (Wildman–Crippen LogP) is 2.27. The summed E-state index contributed by atoms with van der Waals surface area (Å²) in [5.41, 5.74) is 0. The summed E-state index contributed by atoms with van der Waals surface area (Å²) in [6, 6.07) is 0. The number of rotatable bonds is 3. The minimum Gasteiger partial charge on any atom is -0.490 e. The highest BCUT2D eigenvalue weighted by molar-refractivity contribution is 9.10. The lowest BCUT2D eigenvalue weighted by Gasteiger charge is -2.06. The number of aromatic nitrogens is 2. The largest absolute Gasteiger partial charge is 0.490 e. The number of hydrogen-bond donors (Lipinski definition) is 0. The molecule has 0 saturated carbocycles. The van der Waals surface area contributed by atoms with Gasteiger partial charge in [-0.1, -0.05) is 13.8 Å². The molecule has 0 atom stereocenters. The van der Waals surface area contributed by atoms with Crippen LogP contribution in [0, 0.1) is 5.92 Å². The van der Waals surface area contributed by atoms with Crippen LogP contribution in [0.15, 0.2) is 17.1 Å². The fourth-order valence-electron chi connectivity index (χ4n) is 0.638. The lowest BCUT2D eigenvalue weighted by molar-refractivity contribution is 0.269. The van der Waals surface area contributed by atoms with Crippen molar-refractivity contribution in [2.24, 2.45) is 5.92 Å². The molecule has 66 valence electrons. The Bertz CT molecular complexity index is 235. The second kappa shape index (κ2) is 4.40. The second-order valence-electron chi connectivity index (χ2n) is 2.89. The number of nitrogens with zero attached hydrogens (tertiary/aromatic N) is 2. The normalized spacial score (nSPS) is 10.3. The van der Waals surface area contributed by atoms with E-state index in [2.05, 4.69) is 39.7 Å². The van der Waals surface area contributed by atoms with E-state index in [1.807, 2.05) is 0 Å². The molecule has 1 rings (SSSR count). The molecule has 0 N–H and O–H groups in total. The van der Waals surface area contributed by atoms with Gasteiger partial charge in [0.05, 0.1) is 19.0 Å². The van der Waals surface area contributed by atoms with Gasteiger partial charge in [-0.25, -0.2) is 9.97 Å². The summed E-state index contributed by atoms with van der Waals surface area (Å²) in [6.45, 7) is 4.89. The van der Waals surface area contributed by atoms with Gasteiger partial charge in [-0.2, -0.15) is 0 Å². The summed E-state index contributed by atoms with van der Waals surface area (Å²) >= 11 is 3.15. The molecule has 0 aliphatic carbocycles. The standard InChI is InChI=1S/C8H11BrN2O/c1-6(2)5-12-7-3-10-8(9)11-4-7/h3-4,6H,5H2,1-2H3. The first-order valence-electron chi connectivity index (χ1n) is 3.79. The average molecular weight is 231 g/mol. The van der Waals surface area contributed by atoms with Crippen molar-refractivity contribution in [3.63, 3.8) is 0 Å². The van der Waals surface area contributed by atoms with Crippen LogP contribution in [0.25, 0.3) is 0 Å². The maximum absolute atomic E-state index is 5.38. The summed E-state index contributed by atoms with van der Waals surface area (Å²) in [5.74, 6) is 1.24. The molecule has 0 aromatic carbocycles. The molecule has 1 aromatic rings. The van der Waals surface area contributed by atoms with Crippen LogP contribution in [-0.2, 0) is 0 Å². The first kappa shape index (κ1) is 9.45. The molecule has 0 aliphatic heterocycles. The third-order valence-electron chi connectivity index (χ3n) is 1.18. The molecule has 1 heterocycles. The molecule has 0 radical (unpaired) electrons. The van der Waals surface area contributed by atoms with Crippen molar-refractivity contribution < 1.29 is 4.74 Å². The highest BCUT2D eigenvalue weighted by atomic mass is 79.9. The Morgan fingerprint density at radius 3 is 2.50 bits per heavy atom. The fraction of sp³-hybridized carbons (Fsp3) is 0.500. The Morgan fingerprint density at radius 2 is 2.00 bits per heavy atom. The smallest absolute Gasteiger partial charge is 0.196 e. The third-order valence-corrected chi connectivity index (χ3v) is 1.59. The van der Waals surface area contributed by atoms with Crippen molar-refractivity contribution in [3.05, 3.63) is 17.1 Å². The Hall–Kier alpha value is -0.640. The first-order valence-corrected chi connectivity index (χ1v) is 4.58. The van der Waals surface area contributed by atoms with Gasteiger partial charge < -0.3 is 4.74 Å². The number of halogens is 1. The van der Waals surface area contributed by atoms with Crippen LogP contribution in [0.2, 0.25) is 0 Å². The SMILES string of the molecule is CC(C)COc1cnc(Br)nc1. The van der Waals surface area contributed by atoms with Crippen molar-refractivity contribution >= 4 is 15.9 Å². The molecule has 12 heavy (non-hydrogen) atoms. The van der Waals surface area contributed by atoms with Gasteiger partial charge in [-0.15, -0.1) is 0 Å². The molecular weight excluding hydrogens is 220 g/mol. The van der Waals surface area contributed by atoms with Crippen LogP contribution < -0.4 is 4.74 Å². The van der Waals surface area contributed by atoms with Gasteiger partial charge in [-0.3, -0.25) is 0 Å². The zero-order valence-corrected chi connectivity index (χ0v) is 8.71. The molecule has 0 unspecified atom stereocenters. The molecule has 1 aromatic heterocycles. The first-order chi connectivity index (χ1) is 5.68. The summed E-state index contributed by atoms with van der Waals surface area (Å²) in [6.07, 6.45) is 3.30. The van der Waals surface area contributed by atoms with Crippen LogP contribution in [-0.4, -0.2) is 16.6 Å². The zero-order valence-electron chi connectivity index (χ0n) is 7.12. The Kier molecular flexibility index (Phi) is 3.47. The monoisotopic (exact) mass is 230 g/mol. The van der Waals surface area contributed by atoms with Crippen molar-refractivity contribution in [2.45, 2.75) is 13.8 Å². The van der Waals surface area contributed by atoms with E-state index in [0.717, 1.165) is 0 Å². The molecule has 3 nitrogen and oxygen atoms in total. The van der Waals surface area contributed by atoms with Crippen LogP contribution >= 0.6 is 15.9 Å². The van der Waals surface area contributed by atoms with Crippen LogP contribution in [0.3, 0.4) is 0 Å². The Morgan fingerprint density at radius 1 is 1.42 bits per heavy atom. The topological polar surface area (TPSA) is 35.0 Å². The molecule has 0 saturated heterocycles. The highest BCUT2D eigenvalue weighted by Crippen LogP contribution is 2.09. The molecule has 0 bridgehead atoms. The van der Waals surface area contributed by atoms with Crippen molar-refractivity contribution in [1.29, 1.82) is 0 Å². The molecular formula is C8H11BrN2O. The number of ether oxygens (including phenoxy) is 1. The van der Waals surface area contributed by atoms with Crippen molar-refractivity contribution in [1.82, 2.24) is 9.97 Å². The van der Waals surface area contributed by atoms with E-state index >= 15 is 0 Å². The average Bonchev–Trinajstić information content (AvgIpc) is 2.03. The van der Waals surface area contributed by atoms with E-state index < -0.39 is 0 Å². The van der Waals surface area contributed by atoms with Gasteiger partial charge in [0, 0.05) is 0 Å². The fourth-order valence-corrected chi connectivity index (χ4v) is 0.843. The Balaban J connectivity index is 2.48. The number of hydrogen-bond acceptors (Lipinski definition) is 3. The van der Waals surface area contributed by atoms with E-state index in [0.29, 0.717) is 23.0 Å². The van der Waals surface area contributed by atoms with E-state index in [-0.39, 0.29) is 0 Å². The molecule has 0 amide bonds. The minimum absolute atomic E-state index is 0.522. The summed E-state index contributed by atoms with van der Waals surface area (Å²) in [4.78, 5) is 7.88. The highest BCUT2D eigenvalue weighted by Gasteiger charge is 1.97. The quantitative estimate of drug-likeness (QED) is 0.748. The second-order valence-corrected chi connectivity index (χ2v) is 3.60. The minimum atomic E-state index is 0.522. The molecule has 0 fully saturated rings. The maximum Gasteiger partial charge on any atom is 0.196 e. The van der Waals surface area contributed by atoms with Gasteiger partial charge in [-0.05, 0) is 21.8 Å². The van der Waals surface area contributed by atoms with Gasteiger partial charge in [0.1, 0.15) is 0 Å². The molecule has 4 heteroatoms. The van der Waals surface area contributed by atoms with Crippen LogP contribution in [0.1, 0.15) is 13.8 Å². The lowest BCUT2D eigenvalue weighted by atomic mass is 10.2. The molecule has 0 spiro atoms. The van der Waals surface area contributed by atoms with Crippen LogP contribution in [0.5, 0.6) is 5.75 Å².